The van der Waals surface area contributed by atoms with Gasteiger partial charge in [-0.3, -0.25) is 0 Å². The van der Waals surface area contributed by atoms with Crippen LogP contribution in [-0.4, -0.2) is 18.1 Å². The third kappa shape index (κ3) is 5.41. The molecule has 0 aromatic carbocycles. The van der Waals surface area contributed by atoms with E-state index in [9.17, 15) is 0 Å². The summed E-state index contributed by atoms with van der Waals surface area (Å²) in [6.45, 7) is 5.59. The highest BCUT2D eigenvalue weighted by Crippen LogP contribution is 2.31. The molecule has 0 fully saturated rings. The third-order valence-electron chi connectivity index (χ3n) is 1.65. The summed E-state index contributed by atoms with van der Waals surface area (Å²) in [5, 5.41) is 3.38. The predicted molar refractivity (Wildman–Crippen MR) is 76.3 cm³/mol. The lowest BCUT2D eigenvalue weighted by atomic mass is 10.4. The molecule has 5 heteroatoms. The van der Waals surface area contributed by atoms with Crippen LogP contribution in [0.25, 0.3) is 0 Å². The maximum absolute atomic E-state index is 5.94. The average molecular weight is 327 g/mol. The van der Waals surface area contributed by atoms with Crippen molar-refractivity contribution < 1.29 is 0 Å². The number of thioether (sulfide) groups is 1. The number of hydrogen-bond donors (Lipinski definition) is 1. The van der Waals surface area contributed by atoms with Crippen LogP contribution in [0.3, 0.4) is 0 Å². The van der Waals surface area contributed by atoms with Gasteiger partial charge in [0.25, 0.3) is 0 Å². The van der Waals surface area contributed by atoms with Gasteiger partial charge in [-0.2, -0.15) is 11.8 Å². The minimum atomic E-state index is 0.827. The van der Waals surface area contributed by atoms with E-state index >= 15 is 0 Å². The first kappa shape index (κ1) is 13.6. The van der Waals surface area contributed by atoms with Crippen LogP contribution in [0.15, 0.2) is 23.2 Å². The molecular weight excluding hydrogens is 314 g/mol. The van der Waals surface area contributed by atoms with E-state index in [0.29, 0.717) is 0 Å². The summed E-state index contributed by atoms with van der Waals surface area (Å²) in [6, 6.07) is 2.07. The number of nitrogens with one attached hydrogen (secondary N) is 1. The standard InChI is InChI=1S/C10H13BrClNS2/c1-2-4-14-5-3-13-7-8-6-9(11)10(12)15-8/h2,6,13H,1,3-5,7H2. The number of thiophene rings is 1. The van der Waals surface area contributed by atoms with Gasteiger partial charge in [0, 0.05) is 33.9 Å². The lowest BCUT2D eigenvalue weighted by Crippen LogP contribution is -2.15. The Morgan fingerprint density at radius 3 is 3.07 bits per heavy atom. The lowest BCUT2D eigenvalue weighted by molar-refractivity contribution is 0.741. The molecule has 0 spiro atoms. The van der Waals surface area contributed by atoms with E-state index in [-0.39, 0.29) is 0 Å². The summed E-state index contributed by atoms with van der Waals surface area (Å²) >= 11 is 12.8. The molecule has 0 amide bonds. The maximum atomic E-state index is 5.94. The van der Waals surface area contributed by atoms with E-state index in [0.717, 1.165) is 33.4 Å². The van der Waals surface area contributed by atoms with Crippen molar-refractivity contribution in [1.29, 1.82) is 0 Å². The van der Waals surface area contributed by atoms with Gasteiger partial charge in [0.15, 0.2) is 0 Å². The molecule has 0 unspecified atom stereocenters. The first-order valence-electron chi connectivity index (χ1n) is 4.57. The van der Waals surface area contributed by atoms with E-state index in [1.54, 1.807) is 11.3 Å². The van der Waals surface area contributed by atoms with Crippen LogP contribution in [0.2, 0.25) is 4.34 Å². The molecule has 0 aliphatic carbocycles. The first-order chi connectivity index (χ1) is 7.24. The van der Waals surface area contributed by atoms with Crippen LogP contribution >= 0.6 is 50.6 Å². The van der Waals surface area contributed by atoms with E-state index in [2.05, 4.69) is 33.9 Å². The number of rotatable bonds is 7. The molecule has 1 nitrogen and oxygen atoms in total. The second-order valence-corrected chi connectivity index (χ2v) is 6.62. The van der Waals surface area contributed by atoms with Gasteiger partial charge < -0.3 is 5.32 Å². The summed E-state index contributed by atoms with van der Waals surface area (Å²) in [7, 11) is 0. The number of halogens is 2. The molecule has 1 heterocycles. The molecule has 1 N–H and O–H groups in total. The zero-order valence-corrected chi connectivity index (χ0v) is 12.2. The van der Waals surface area contributed by atoms with Crippen LogP contribution in [0.5, 0.6) is 0 Å². The lowest BCUT2D eigenvalue weighted by Gasteiger charge is -2.01. The van der Waals surface area contributed by atoms with E-state index < -0.39 is 0 Å². The zero-order chi connectivity index (χ0) is 11.1. The summed E-state index contributed by atoms with van der Waals surface area (Å²) in [6.07, 6.45) is 1.93. The topological polar surface area (TPSA) is 12.0 Å². The molecule has 0 atom stereocenters. The fourth-order valence-electron chi connectivity index (χ4n) is 1.00. The summed E-state index contributed by atoms with van der Waals surface area (Å²) in [4.78, 5) is 1.26. The van der Waals surface area contributed by atoms with Crippen molar-refractivity contribution in [2.45, 2.75) is 6.54 Å². The van der Waals surface area contributed by atoms with Crippen LogP contribution in [0, 0.1) is 0 Å². The Hall–Kier alpha value is 0.520. The minimum Gasteiger partial charge on any atom is -0.311 e. The molecule has 0 aliphatic heterocycles. The number of hydrogen-bond acceptors (Lipinski definition) is 3. The molecule has 0 saturated heterocycles. The van der Waals surface area contributed by atoms with E-state index in [4.69, 9.17) is 11.6 Å². The fraction of sp³-hybridized carbons (Fsp3) is 0.400. The fourth-order valence-corrected chi connectivity index (χ4v) is 3.38. The molecule has 0 bridgehead atoms. The molecule has 84 valence electrons. The Morgan fingerprint density at radius 2 is 2.47 bits per heavy atom. The molecule has 1 aromatic rings. The van der Waals surface area contributed by atoms with Gasteiger partial charge in [-0.15, -0.1) is 17.9 Å². The zero-order valence-electron chi connectivity index (χ0n) is 8.26. The van der Waals surface area contributed by atoms with Crippen molar-refractivity contribution in [3.05, 3.63) is 32.4 Å². The summed E-state index contributed by atoms with van der Waals surface area (Å²) < 4.78 is 1.82. The summed E-state index contributed by atoms with van der Waals surface area (Å²) in [5.41, 5.74) is 0. The van der Waals surface area contributed by atoms with Crippen molar-refractivity contribution >= 4 is 50.6 Å². The Kier molecular flexibility index (Phi) is 7.01. The largest absolute Gasteiger partial charge is 0.311 e. The highest BCUT2D eigenvalue weighted by Gasteiger charge is 2.03. The van der Waals surface area contributed by atoms with Crippen molar-refractivity contribution in [1.82, 2.24) is 5.32 Å². The van der Waals surface area contributed by atoms with E-state index in [1.165, 1.54) is 4.88 Å². The Bertz CT molecular complexity index is 295. The smallest absolute Gasteiger partial charge is 0.107 e. The van der Waals surface area contributed by atoms with E-state index in [1.807, 2.05) is 17.8 Å². The van der Waals surface area contributed by atoms with Crippen molar-refractivity contribution in [2.75, 3.05) is 18.1 Å². The third-order valence-corrected chi connectivity index (χ3v) is 5.09. The van der Waals surface area contributed by atoms with Crippen molar-refractivity contribution in [2.24, 2.45) is 0 Å². The van der Waals surface area contributed by atoms with Crippen molar-refractivity contribution in [3.63, 3.8) is 0 Å². The Morgan fingerprint density at radius 1 is 1.67 bits per heavy atom. The Labute approximate surface area is 112 Å². The normalized spacial score (nSPS) is 10.5. The first-order valence-corrected chi connectivity index (χ1v) is 7.71. The molecule has 1 aromatic heterocycles. The van der Waals surface area contributed by atoms with Gasteiger partial charge in [-0.05, 0) is 22.0 Å². The van der Waals surface area contributed by atoms with Crippen LogP contribution in [-0.2, 0) is 6.54 Å². The minimum absolute atomic E-state index is 0.827. The highest BCUT2D eigenvalue weighted by molar-refractivity contribution is 9.10. The van der Waals surface area contributed by atoms with Crippen LogP contribution in [0.1, 0.15) is 4.88 Å². The van der Waals surface area contributed by atoms with Crippen molar-refractivity contribution in [3.8, 4) is 0 Å². The molecular formula is C10H13BrClNS2. The van der Waals surface area contributed by atoms with Gasteiger partial charge in [-0.25, -0.2) is 0 Å². The SMILES string of the molecule is C=CCSCCNCc1cc(Br)c(Cl)s1. The molecule has 0 aliphatic rings. The second-order valence-electron chi connectivity index (χ2n) is 2.87. The average Bonchev–Trinajstić information content (AvgIpc) is 2.52. The quantitative estimate of drug-likeness (QED) is 0.596. The van der Waals surface area contributed by atoms with Gasteiger partial charge in [0.05, 0.1) is 0 Å². The van der Waals surface area contributed by atoms with Gasteiger partial charge >= 0.3 is 0 Å². The van der Waals surface area contributed by atoms with Gasteiger partial charge in [-0.1, -0.05) is 17.7 Å². The highest BCUT2D eigenvalue weighted by atomic mass is 79.9. The molecule has 1 rings (SSSR count). The van der Waals surface area contributed by atoms with Crippen LogP contribution in [0.4, 0.5) is 0 Å². The van der Waals surface area contributed by atoms with Gasteiger partial charge in [0.2, 0.25) is 0 Å². The summed E-state index contributed by atoms with van der Waals surface area (Å²) in [5.74, 6) is 2.14. The maximum Gasteiger partial charge on any atom is 0.107 e. The predicted octanol–water partition coefficient (Wildman–Crippen LogP) is 4.17. The van der Waals surface area contributed by atoms with Gasteiger partial charge in [0.1, 0.15) is 4.34 Å². The second kappa shape index (κ2) is 7.74. The molecule has 15 heavy (non-hydrogen) atoms. The monoisotopic (exact) mass is 325 g/mol. The molecule has 0 radical (unpaired) electrons. The Balaban J connectivity index is 2.12. The van der Waals surface area contributed by atoms with Crippen LogP contribution < -0.4 is 5.32 Å². The molecule has 0 saturated carbocycles.